The van der Waals surface area contributed by atoms with E-state index >= 15 is 0 Å². The third kappa shape index (κ3) is 2.13. The lowest BCUT2D eigenvalue weighted by atomic mass is 10.1. The van der Waals surface area contributed by atoms with Crippen molar-refractivity contribution >= 4 is 10.0 Å². The third-order valence-corrected chi connectivity index (χ3v) is 4.97. The Kier molecular flexibility index (Phi) is 3.33. The summed E-state index contributed by atoms with van der Waals surface area (Å²) in [7, 11) is -3.69. The smallest absolute Gasteiger partial charge is 0.282 e. The van der Waals surface area contributed by atoms with Gasteiger partial charge in [-0.25, -0.2) is 13.4 Å². The molecule has 0 unspecified atom stereocenters. The lowest BCUT2D eigenvalue weighted by molar-refractivity contribution is -0.114. The van der Waals surface area contributed by atoms with Gasteiger partial charge in [0.15, 0.2) is 5.03 Å². The van der Waals surface area contributed by atoms with E-state index in [0.717, 1.165) is 15.6 Å². The second-order valence-corrected chi connectivity index (χ2v) is 6.30. The van der Waals surface area contributed by atoms with E-state index in [0.29, 0.717) is 6.54 Å². The molecule has 2 heterocycles. The molecule has 0 radical (unpaired) electrons. The first-order chi connectivity index (χ1) is 9.63. The van der Waals surface area contributed by atoms with Gasteiger partial charge >= 0.3 is 0 Å². The van der Waals surface area contributed by atoms with Crippen LogP contribution in [0.15, 0.2) is 41.8 Å². The van der Waals surface area contributed by atoms with Crippen LogP contribution < -0.4 is 0 Å². The second-order valence-electron chi connectivity index (χ2n) is 4.53. The number of imidazole rings is 1. The summed E-state index contributed by atoms with van der Waals surface area (Å²) in [5.74, 6) is 0. The van der Waals surface area contributed by atoms with E-state index in [1.165, 1.54) is 12.5 Å². The van der Waals surface area contributed by atoms with Gasteiger partial charge in [-0.2, -0.15) is 0 Å². The first kappa shape index (κ1) is 13.3. The molecular formula is C13H15N3O3S. The van der Waals surface area contributed by atoms with Crippen LogP contribution in [0.4, 0.5) is 0 Å². The fourth-order valence-electron chi connectivity index (χ4n) is 2.20. The Hall–Kier alpha value is -1.70. The van der Waals surface area contributed by atoms with Crippen molar-refractivity contribution in [2.45, 2.75) is 31.6 Å². The van der Waals surface area contributed by atoms with Crippen LogP contribution in [0.1, 0.15) is 18.1 Å². The van der Waals surface area contributed by atoms with Gasteiger partial charge in [-0.3, -0.25) is 4.84 Å². The van der Waals surface area contributed by atoms with Crippen molar-refractivity contribution in [3.63, 3.8) is 0 Å². The van der Waals surface area contributed by atoms with Crippen molar-refractivity contribution in [2.75, 3.05) is 0 Å². The summed E-state index contributed by atoms with van der Waals surface area (Å²) in [4.78, 5) is 9.30. The van der Waals surface area contributed by atoms with Gasteiger partial charge in [0.25, 0.3) is 10.0 Å². The summed E-state index contributed by atoms with van der Waals surface area (Å²) < 4.78 is 27.8. The molecule has 0 fully saturated rings. The highest BCUT2D eigenvalue weighted by Gasteiger charge is 2.31. The van der Waals surface area contributed by atoms with Crippen molar-refractivity contribution in [2.24, 2.45) is 0 Å². The highest BCUT2D eigenvalue weighted by molar-refractivity contribution is 7.88. The minimum atomic E-state index is -3.69. The van der Waals surface area contributed by atoms with Crippen molar-refractivity contribution in [1.29, 1.82) is 0 Å². The molecule has 0 N–H and O–H groups in total. The van der Waals surface area contributed by atoms with Crippen LogP contribution in [0.25, 0.3) is 0 Å². The van der Waals surface area contributed by atoms with Gasteiger partial charge < -0.3 is 4.57 Å². The summed E-state index contributed by atoms with van der Waals surface area (Å²) in [5, 5.41) is 0.152. The van der Waals surface area contributed by atoms with Crippen LogP contribution >= 0.6 is 0 Å². The molecule has 0 amide bonds. The number of aryl methyl sites for hydroxylation is 1. The quantitative estimate of drug-likeness (QED) is 0.861. The number of benzene rings is 1. The number of hydrogen-bond acceptors (Lipinski definition) is 4. The zero-order chi connectivity index (χ0) is 14.2. The van der Waals surface area contributed by atoms with E-state index in [4.69, 9.17) is 4.84 Å². The van der Waals surface area contributed by atoms with Gasteiger partial charge in [0.1, 0.15) is 0 Å². The minimum Gasteiger partial charge on any atom is -0.321 e. The van der Waals surface area contributed by atoms with Crippen molar-refractivity contribution in [3.05, 3.63) is 47.9 Å². The molecule has 1 aliphatic heterocycles. The fraction of sp³-hybridized carbons (Fsp3) is 0.308. The molecule has 0 bridgehead atoms. The average molecular weight is 293 g/mol. The number of fused-ring (bicyclic) bond motifs is 1. The summed E-state index contributed by atoms with van der Waals surface area (Å²) in [6.45, 7) is 2.88. The highest BCUT2D eigenvalue weighted by Crippen LogP contribution is 2.25. The maximum atomic E-state index is 12.6. The Morgan fingerprint density at radius 1 is 1.30 bits per heavy atom. The fourth-order valence-corrected chi connectivity index (χ4v) is 3.57. The van der Waals surface area contributed by atoms with Gasteiger partial charge in [-0.1, -0.05) is 28.7 Å². The van der Waals surface area contributed by atoms with Gasteiger partial charge in [0, 0.05) is 6.54 Å². The zero-order valence-electron chi connectivity index (χ0n) is 11.1. The van der Waals surface area contributed by atoms with E-state index in [-0.39, 0.29) is 18.2 Å². The lowest BCUT2D eigenvalue weighted by Crippen LogP contribution is -2.35. The molecule has 1 aromatic carbocycles. The van der Waals surface area contributed by atoms with Gasteiger partial charge in [-0.05, 0) is 18.1 Å². The Morgan fingerprint density at radius 3 is 2.80 bits per heavy atom. The molecule has 0 spiro atoms. The monoisotopic (exact) mass is 293 g/mol. The topological polar surface area (TPSA) is 64.4 Å². The number of aromatic nitrogens is 2. The standard InChI is InChI=1S/C13H15N3O3S/c1-2-15-10-14-7-13(15)20(17,18)16-8-11-5-3-4-6-12(11)9-19-16/h3-7,10H,2,8-9H2,1H3. The van der Waals surface area contributed by atoms with E-state index < -0.39 is 10.0 Å². The lowest BCUT2D eigenvalue weighted by Gasteiger charge is -2.27. The Balaban J connectivity index is 1.94. The van der Waals surface area contributed by atoms with Crippen LogP contribution in [-0.2, 0) is 34.6 Å². The van der Waals surface area contributed by atoms with E-state index in [1.54, 1.807) is 4.57 Å². The van der Waals surface area contributed by atoms with Gasteiger partial charge in [0.05, 0.1) is 25.7 Å². The molecule has 1 aromatic heterocycles. The molecule has 2 aromatic rings. The molecule has 20 heavy (non-hydrogen) atoms. The number of sulfonamides is 1. The van der Waals surface area contributed by atoms with Gasteiger partial charge in [0.2, 0.25) is 0 Å². The normalized spacial score (nSPS) is 16.1. The molecule has 7 heteroatoms. The van der Waals surface area contributed by atoms with E-state index in [2.05, 4.69) is 4.98 Å². The molecule has 1 aliphatic rings. The first-order valence-electron chi connectivity index (χ1n) is 6.35. The maximum absolute atomic E-state index is 12.6. The van der Waals surface area contributed by atoms with Crippen molar-refractivity contribution in [3.8, 4) is 0 Å². The predicted molar refractivity (Wildman–Crippen MR) is 71.9 cm³/mol. The number of hydrogen-bond donors (Lipinski definition) is 0. The summed E-state index contributed by atoms with van der Waals surface area (Å²) in [6, 6.07) is 7.66. The largest absolute Gasteiger partial charge is 0.321 e. The Bertz CT molecular complexity index is 724. The maximum Gasteiger partial charge on any atom is 0.282 e. The molecule has 0 saturated heterocycles. The summed E-state index contributed by atoms with van der Waals surface area (Å²) in [6.07, 6.45) is 2.85. The summed E-state index contributed by atoms with van der Waals surface area (Å²) >= 11 is 0. The van der Waals surface area contributed by atoms with Crippen LogP contribution in [-0.4, -0.2) is 22.4 Å². The Morgan fingerprint density at radius 2 is 2.05 bits per heavy atom. The highest BCUT2D eigenvalue weighted by atomic mass is 32.2. The molecule has 3 rings (SSSR count). The second kappa shape index (κ2) is 5.01. The van der Waals surface area contributed by atoms with E-state index in [1.807, 2.05) is 31.2 Å². The number of hydroxylamine groups is 1. The minimum absolute atomic E-state index is 0.152. The third-order valence-electron chi connectivity index (χ3n) is 3.33. The predicted octanol–water partition coefficient (Wildman–Crippen LogP) is 1.54. The number of rotatable bonds is 3. The van der Waals surface area contributed by atoms with Crippen LogP contribution in [0.2, 0.25) is 0 Å². The van der Waals surface area contributed by atoms with Crippen LogP contribution in [0, 0.1) is 0 Å². The van der Waals surface area contributed by atoms with Crippen molar-refractivity contribution < 1.29 is 13.3 Å². The molecule has 0 saturated carbocycles. The van der Waals surface area contributed by atoms with Gasteiger partial charge in [-0.15, -0.1) is 0 Å². The average Bonchev–Trinajstić information content (AvgIpc) is 2.96. The molecule has 0 aliphatic carbocycles. The molecule has 6 nitrogen and oxygen atoms in total. The summed E-state index contributed by atoms with van der Waals surface area (Å²) in [5.41, 5.74) is 1.98. The number of nitrogens with zero attached hydrogens (tertiary/aromatic N) is 3. The van der Waals surface area contributed by atoms with E-state index in [9.17, 15) is 8.42 Å². The van der Waals surface area contributed by atoms with Crippen LogP contribution in [0.3, 0.4) is 0 Å². The SMILES string of the molecule is CCn1cncc1S(=O)(=O)N1Cc2ccccc2CO1. The first-order valence-corrected chi connectivity index (χ1v) is 7.79. The zero-order valence-corrected chi connectivity index (χ0v) is 11.9. The van der Waals surface area contributed by atoms with Crippen LogP contribution in [0.5, 0.6) is 0 Å². The van der Waals surface area contributed by atoms with Crippen molar-refractivity contribution in [1.82, 2.24) is 14.0 Å². The Labute approximate surface area is 117 Å². The molecule has 106 valence electrons. The molecular weight excluding hydrogens is 278 g/mol. The molecule has 0 atom stereocenters.